The number of rotatable bonds is 8. The van der Waals surface area contributed by atoms with E-state index >= 15 is 0 Å². The summed E-state index contributed by atoms with van der Waals surface area (Å²) in [6.45, 7) is 9.04. The van der Waals surface area contributed by atoms with Gasteiger partial charge in [-0.1, -0.05) is 26.8 Å². The number of hydrogen-bond acceptors (Lipinski definition) is 3. The maximum atomic E-state index is 3.60. The number of nitrogens with one attached hydrogen (secondary N) is 1. The first-order chi connectivity index (χ1) is 8.70. The first kappa shape index (κ1) is 14.0. The molecule has 0 radical (unpaired) electrons. The molecule has 18 heavy (non-hydrogen) atoms. The van der Waals surface area contributed by atoms with Crippen molar-refractivity contribution in [2.24, 2.45) is 0 Å². The van der Waals surface area contributed by atoms with E-state index in [-0.39, 0.29) is 0 Å². The number of thiophene rings is 1. The van der Waals surface area contributed by atoms with Crippen LogP contribution in [0.5, 0.6) is 0 Å². The minimum absolute atomic E-state index is 0.585. The Labute approximate surface area is 115 Å². The second-order valence-electron chi connectivity index (χ2n) is 5.61. The third-order valence-electron chi connectivity index (χ3n) is 3.64. The third-order valence-corrected chi connectivity index (χ3v) is 4.50. The van der Waals surface area contributed by atoms with Crippen molar-refractivity contribution in [3.05, 3.63) is 22.4 Å². The van der Waals surface area contributed by atoms with Gasteiger partial charge in [0.05, 0.1) is 0 Å². The van der Waals surface area contributed by atoms with Crippen molar-refractivity contribution in [3.8, 4) is 0 Å². The van der Waals surface area contributed by atoms with E-state index in [1.54, 1.807) is 0 Å². The molecule has 1 saturated carbocycles. The van der Waals surface area contributed by atoms with Gasteiger partial charge in [-0.3, -0.25) is 4.90 Å². The largest absolute Gasteiger partial charge is 0.313 e. The first-order valence-corrected chi connectivity index (χ1v) is 8.10. The van der Waals surface area contributed by atoms with E-state index < -0.39 is 0 Å². The minimum Gasteiger partial charge on any atom is -0.313 e. The Kier molecular flexibility index (Phi) is 5.22. The predicted octanol–water partition coefficient (Wildman–Crippen LogP) is 3.49. The lowest BCUT2D eigenvalue weighted by atomic mass is 10.1. The second kappa shape index (κ2) is 6.69. The summed E-state index contributed by atoms with van der Waals surface area (Å²) in [6, 6.07) is 6.54. The zero-order valence-corrected chi connectivity index (χ0v) is 12.7. The molecule has 0 bridgehead atoms. The van der Waals surface area contributed by atoms with Crippen molar-refractivity contribution in [2.75, 3.05) is 6.54 Å². The van der Waals surface area contributed by atoms with Crippen LogP contribution >= 0.6 is 11.3 Å². The highest BCUT2D eigenvalue weighted by atomic mass is 32.1. The Morgan fingerprint density at radius 3 is 2.72 bits per heavy atom. The fraction of sp³-hybridized carbons (Fsp3) is 0.733. The Hall–Kier alpha value is -0.380. The quantitative estimate of drug-likeness (QED) is 0.775. The normalized spacial score (nSPS) is 17.6. The topological polar surface area (TPSA) is 15.3 Å². The Morgan fingerprint density at radius 1 is 1.44 bits per heavy atom. The summed E-state index contributed by atoms with van der Waals surface area (Å²) in [4.78, 5) is 4.23. The summed E-state index contributed by atoms with van der Waals surface area (Å²) in [7, 11) is 0. The molecule has 3 heteroatoms. The molecule has 1 unspecified atom stereocenters. The van der Waals surface area contributed by atoms with Gasteiger partial charge in [0.15, 0.2) is 0 Å². The molecule has 1 aromatic heterocycles. The molecule has 1 aliphatic carbocycles. The van der Waals surface area contributed by atoms with Crippen LogP contribution in [0, 0.1) is 0 Å². The summed E-state index contributed by atoms with van der Waals surface area (Å²) in [5.74, 6) is 0. The molecule has 0 aromatic carbocycles. The highest BCUT2D eigenvalue weighted by Crippen LogP contribution is 2.31. The zero-order valence-electron chi connectivity index (χ0n) is 11.9. The molecular formula is C15H26N2S. The maximum absolute atomic E-state index is 3.60. The van der Waals surface area contributed by atoms with Crippen molar-refractivity contribution < 1.29 is 0 Å². The van der Waals surface area contributed by atoms with Crippen LogP contribution in [-0.2, 0) is 6.54 Å². The van der Waals surface area contributed by atoms with E-state index in [4.69, 9.17) is 0 Å². The minimum atomic E-state index is 0.585. The summed E-state index contributed by atoms with van der Waals surface area (Å²) in [6.07, 6.45) is 4.02. The SMILES string of the molecule is CCC(CNC(C)C)N(Cc1cccs1)C1CC1. The van der Waals surface area contributed by atoms with E-state index in [1.165, 1.54) is 24.1 Å². The van der Waals surface area contributed by atoms with Crippen molar-refractivity contribution in [3.63, 3.8) is 0 Å². The molecule has 1 N–H and O–H groups in total. The smallest absolute Gasteiger partial charge is 0.0334 e. The second-order valence-corrected chi connectivity index (χ2v) is 6.64. The Balaban J connectivity index is 1.94. The van der Waals surface area contributed by atoms with E-state index in [1.807, 2.05) is 11.3 Å². The van der Waals surface area contributed by atoms with Crippen LogP contribution in [0.3, 0.4) is 0 Å². The van der Waals surface area contributed by atoms with Crippen LogP contribution in [0.4, 0.5) is 0 Å². The summed E-state index contributed by atoms with van der Waals surface area (Å²) < 4.78 is 0. The molecule has 0 amide bonds. The van der Waals surface area contributed by atoms with Gasteiger partial charge in [0.25, 0.3) is 0 Å². The zero-order chi connectivity index (χ0) is 13.0. The summed E-state index contributed by atoms with van der Waals surface area (Å²) in [5, 5.41) is 5.79. The van der Waals surface area contributed by atoms with Gasteiger partial charge in [0, 0.05) is 36.1 Å². The fourth-order valence-corrected chi connectivity index (χ4v) is 3.13. The van der Waals surface area contributed by atoms with Gasteiger partial charge >= 0.3 is 0 Å². The van der Waals surface area contributed by atoms with Crippen LogP contribution in [0.2, 0.25) is 0 Å². The average molecular weight is 266 g/mol. The molecular weight excluding hydrogens is 240 g/mol. The fourth-order valence-electron chi connectivity index (χ4n) is 2.41. The molecule has 1 heterocycles. The molecule has 1 aromatic rings. The van der Waals surface area contributed by atoms with Crippen LogP contribution in [0.25, 0.3) is 0 Å². The van der Waals surface area contributed by atoms with E-state index in [2.05, 4.69) is 48.5 Å². The molecule has 102 valence electrons. The molecule has 2 nitrogen and oxygen atoms in total. The van der Waals surface area contributed by atoms with Gasteiger partial charge in [0.1, 0.15) is 0 Å². The third kappa shape index (κ3) is 4.08. The van der Waals surface area contributed by atoms with Crippen molar-refractivity contribution in [2.45, 2.75) is 64.7 Å². The summed E-state index contributed by atoms with van der Waals surface area (Å²) in [5.41, 5.74) is 0. The first-order valence-electron chi connectivity index (χ1n) is 7.22. The highest BCUT2D eigenvalue weighted by Gasteiger charge is 2.33. The average Bonchev–Trinajstić information content (AvgIpc) is 3.06. The van der Waals surface area contributed by atoms with Crippen LogP contribution < -0.4 is 5.32 Å². The van der Waals surface area contributed by atoms with Crippen molar-refractivity contribution in [1.29, 1.82) is 0 Å². The van der Waals surface area contributed by atoms with E-state index in [0.29, 0.717) is 12.1 Å². The Morgan fingerprint density at radius 2 is 2.22 bits per heavy atom. The lowest BCUT2D eigenvalue weighted by Crippen LogP contribution is -2.44. The van der Waals surface area contributed by atoms with Gasteiger partial charge < -0.3 is 5.32 Å². The lowest BCUT2D eigenvalue weighted by Gasteiger charge is -2.31. The lowest BCUT2D eigenvalue weighted by molar-refractivity contribution is 0.167. The summed E-state index contributed by atoms with van der Waals surface area (Å²) >= 11 is 1.89. The van der Waals surface area contributed by atoms with Gasteiger partial charge in [-0.15, -0.1) is 11.3 Å². The van der Waals surface area contributed by atoms with Gasteiger partial charge in [0.2, 0.25) is 0 Å². The van der Waals surface area contributed by atoms with Crippen LogP contribution in [-0.4, -0.2) is 29.6 Å². The standard InChI is InChI=1S/C15H26N2S/c1-4-13(10-16-12(2)3)17(14-7-8-14)11-15-6-5-9-18-15/h5-6,9,12-14,16H,4,7-8,10-11H2,1-3H3. The van der Waals surface area contributed by atoms with Gasteiger partial charge in [-0.05, 0) is 30.7 Å². The maximum Gasteiger partial charge on any atom is 0.0334 e. The monoisotopic (exact) mass is 266 g/mol. The molecule has 1 fully saturated rings. The van der Waals surface area contributed by atoms with Crippen molar-refractivity contribution in [1.82, 2.24) is 10.2 Å². The molecule has 0 saturated heterocycles. The van der Waals surface area contributed by atoms with Crippen LogP contribution in [0.15, 0.2) is 17.5 Å². The van der Waals surface area contributed by atoms with Gasteiger partial charge in [-0.25, -0.2) is 0 Å². The Bertz CT molecular complexity index is 330. The highest BCUT2D eigenvalue weighted by molar-refractivity contribution is 7.09. The van der Waals surface area contributed by atoms with E-state index in [0.717, 1.165) is 19.1 Å². The molecule has 1 aliphatic rings. The van der Waals surface area contributed by atoms with Gasteiger partial charge in [-0.2, -0.15) is 0 Å². The number of hydrogen-bond donors (Lipinski definition) is 1. The number of nitrogens with zero attached hydrogens (tertiary/aromatic N) is 1. The van der Waals surface area contributed by atoms with Crippen LogP contribution in [0.1, 0.15) is 44.9 Å². The van der Waals surface area contributed by atoms with Crippen molar-refractivity contribution >= 4 is 11.3 Å². The van der Waals surface area contributed by atoms with E-state index in [9.17, 15) is 0 Å². The molecule has 1 atom stereocenters. The molecule has 0 spiro atoms. The molecule has 0 aliphatic heterocycles. The molecule has 2 rings (SSSR count). The predicted molar refractivity (Wildman–Crippen MR) is 80.1 cm³/mol.